The van der Waals surface area contributed by atoms with Crippen LogP contribution in [0.15, 0.2) is 24.3 Å². The zero-order chi connectivity index (χ0) is 10.4. The van der Waals surface area contributed by atoms with Crippen LogP contribution in [-0.4, -0.2) is 17.8 Å². The van der Waals surface area contributed by atoms with Gasteiger partial charge < -0.3 is 9.62 Å². The van der Waals surface area contributed by atoms with Crippen LogP contribution in [0.3, 0.4) is 0 Å². The average Bonchev–Trinajstić information content (AvgIpc) is 2.19. The molecule has 1 rings (SSSR count). The van der Waals surface area contributed by atoms with Crippen molar-refractivity contribution in [3.05, 3.63) is 29.8 Å². The summed E-state index contributed by atoms with van der Waals surface area (Å²) in [5.74, 6) is 0.0859. The number of hydrogen-bond acceptors (Lipinski definition) is 4. The van der Waals surface area contributed by atoms with Gasteiger partial charge in [0.25, 0.3) is 0 Å². The van der Waals surface area contributed by atoms with E-state index < -0.39 is 0 Å². The number of rotatable bonds is 4. The second kappa shape index (κ2) is 5.24. The van der Waals surface area contributed by atoms with Gasteiger partial charge in [0.1, 0.15) is 0 Å². The van der Waals surface area contributed by atoms with Gasteiger partial charge in [-0.2, -0.15) is 0 Å². The summed E-state index contributed by atoms with van der Waals surface area (Å²) in [6, 6.07) is 6.55. The average molecular weight is 196 g/mol. The van der Waals surface area contributed by atoms with Gasteiger partial charge >= 0.3 is 5.97 Å². The predicted octanol–water partition coefficient (Wildman–Crippen LogP) is 1.64. The quantitative estimate of drug-likeness (QED) is 0.452. The van der Waals surface area contributed by atoms with Crippen LogP contribution in [-0.2, 0) is 16.0 Å². The standard InChI is InChI=1S/C10H12O4/c1-2-13-10(11)7-8-3-5-9(14-12)6-4-8/h3-6,12H,2,7H2,1H3. The highest BCUT2D eigenvalue weighted by molar-refractivity contribution is 5.72. The maximum atomic E-state index is 11.1. The van der Waals surface area contributed by atoms with Crippen LogP contribution in [0.1, 0.15) is 12.5 Å². The maximum absolute atomic E-state index is 11.1. The van der Waals surface area contributed by atoms with Crippen molar-refractivity contribution in [2.24, 2.45) is 0 Å². The molecule has 4 nitrogen and oxygen atoms in total. The second-order valence-electron chi connectivity index (χ2n) is 2.72. The van der Waals surface area contributed by atoms with Crippen molar-refractivity contribution < 1.29 is 19.7 Å². The molecule has 1 aromatic rings. The Hall–Kier alpha value is -1.55. The normalized spacial score (nSPS) is 9.57. The smallest absolute Gasteiger partial charge is 0.310 e. The van der Waals surface area contributed by atoms with Gasteiger partial charge in [0.15, 0.2) is 5.75 Å². The van der Waals surface area contributed by atoms with Crippen LogP contribution in [0.25, 0.3) is 0 Å². The van der Waals surface area contributed by atoms with Gasteiger partial charge in [0.2, 0.25) is 0 Å². The fourth-order valence-corrected chi connectivity index (χ4v) is 1.05. The van der Waals surface area contributed by atoms with Crippen LogP contribution in [0.2, 0.25) is 0 Å². The van der Waals surface area contributed by atoms with Crippen molar-refractivity contribution in [2.45, 2.75) is 13.3 Å². The van der Waals surface area contributed by atoms with Gasteiger partial charge in [-0.15, -0.1) is 0 Å². The van der Waals surface area contributed by atoms with E-state index in [0.29, 0.717) is 12.4 Å². The minimum absolute atomic E-state index is 0.236. The molecule has 0 amide bonds. The molecule has 0 radical (unpaired) electrons. The van der Waals surface area contributed by atoms with E-state index in [1.54, 1.807) is 31.2 Å². The van der Waals surface area contributed by atoms with Crippen LogP contribution < -0.4 is 4.89 Å². The first-order chi connectivity index (χ1) is 6.76. The summed E-state index contributed by atoms with van der Waals surface area (Å²) in [5.41, 5.74) is 0.823. The number of benzene rings is 1. The number of carbonyl (C=O) groups is 1. The first-order valence-electron chi connectivity index (χ1n) is 4.32. The first-order valence-corrected chi connectivity index (χ1v) is 4.32. The molecule has 0 saturated carbocycles. The SMILES string of the molecule is CCOC(=O)Cc1ccc(OO)cc1. The third-order valence-corrected chi connectivity index (χ3v) is 1.68. The summed E-state index contributed by atoms with van der Waals surface area (Å²) in [6.07, 6.45) is 0.236. The highest BCUT2D eigenvalue weighted by Crippen LogP contribution is 2.11. The Labute approximate surface area is 82.0 Å². The van der Waals surface area contributed by atoms with E-state index >= 15 is 0 Å². The molecular formula is C10H12O4. The van der Waals surface area contributed by atoms with Gasteiger partial charge in [-0.1, -0.05) is 12.1 Å². The fraction of sp³-hybridized carbons (Fsp3) is 0.300. The Bertz CT molecular complexity index is 291. The molecule has 4 heteroatoms. The lowest BCUT2D eigenvalue weighted by Crippen LogP contribution is -2.07. The monoisotopic (exact) mass is 196 g/mol. The largest absolute Gasteiger partial charge is 0.466 e. The minimum Gasteiger partial charge on any atom is -0.466 e. The molecule has 0 aromatic heterocycles. The third-order valence-electron chi connectivity index (χ3n) is 1.68. The Morgan fingerprint density at radius 2 is 2.00 bits per heavy atom. The van der Waals surface area contributed by atoms with Gasteiger partial charge in [-0.25, -0.2) is 5.26 Å². The topological polar surface area (TPSA) is 55.8 Å². The van der Waals surface area contributed by atoms with Crippen molar-refractivity contribution in [3.8, 4) is 5.75 Å². The van der Waals surface area contributed by atoms with Gasteiger partial charge in [-0.05, 0) is 24.6 Å². The van der Waals surface area contributed by atoms with Gasteiger partial charge in [0, 0.05) is 0 Å². The minimum atomic E-state index is -0.259. The van der Waals surface area contributed by atoms with E-state index in [1.807, 2.05) is 0 Å². The molecule has 0 heterocycles. The van der Waals surface area contributed by atoms with Crippen LogP contribution in [0, 0.1) is 0 Å². The zero-order valence-corrected chi connectivity index (χ0v) is 7.90. The van der Waals surface area contributed by atoms with Crippen LogP contribution in [0.5, 0.6) is 5.75 Å². The van der Waals surface area contributed by atoms with E-state index in [4.69, 9.17) is 9.99 Å². The fourth-order valence-electron chi connectivity index (χ4n) is 1.05. The summed E-state index contributed by atoms with van der Waals surface area (Å²) in [6.45, 7) is 2.15. The molecule has 0 atom stereocenters. The first kappa shape index (κ1) is 10.5. The lowest BCUT2D eigenvalue weighted by molar-refractivity contribution is -0.142. The molecule has 76 valence electrons. The van der Waals surface area contributed by atoms with Crippen molar-refractivity contribution in [1.82, 2.24) is 0 Å². The lowest BCUT2D eigenvalue weighted by atomic mass is 10.1. The number of hydrogen-bond donors (Lipinski definition) is 1. The maximum Gasteiger partial charge on any atom is 0.310 e. The summed E-state index contributed by atoms with van der Waals surface area (Å²) in [7, 11) is 0. The van der Waals surface area contributed by atoms with E-state index in [9.17, 15) is 4.79 Å². The second-order valence-corrected chi connectivity index (χ2v) is 2.72. The Balaban J connectivity index is 2.55. The van der Waals surface area contributed by atoms with E-state index in [-0.39, 0.29) is 12.4 Å². The molecule has 0 bridgehead atoms. The Kier molecular flexibility index (Phi) is 3.94. The molecule has 0 aliphatic carbocycles. The molecule has 0 saturated heterocycles. The summed E-state index contributed by atoms with van der Waals surface area (Å²) in [4.78, 5) is 15.1. The van der Waals surface area contributed by atoms with Crippen molar-refractivity contribution in [1.29, 1.82) is 0 Å². The molecule has 0 aliphatic heterocycles. The number of esters is 1. The van der Waals surface area contributed by atoms with Crippen molar-refractivity contribution in [3.63, 3.8) is 0 Å². The third kappa shape index (κ3) is 3.06. The van der Waals surface area contributed by atoms with Crippen LogP contribution in [0.4, 0.5) is 0 Å². The van der Waals surface area contributed by atoms with E-state index in [1.165, 1.54) is 0 Å². The van der Waals surface area contributed by atoms with Gasteiger partial charge in [-0.3, -0.25) is 4.79 Å². The molecule has 0 aliphatic rings. The molecule has 1 aromatic carbocycles. The Morgan fingerprint density at radius 1 is 1.36 bits per heavy atom. The molecule has 0 unspecified atom stereocenters. The highest BCUT2D eigenvalue weighted by atomic mass is 17.1. The van der Waals surface area contributed by atoms with Crippen LogP contribution >= 0.6 is 0 Å². The summed E-state index contributed by atoms with van der Waals surface area (Å²) >= 11 is 0. The van der Waals surface area contributed by atoms with E-state index in [0.717, 1.165) is 5.56 Å². The van der Waals surface area contributed by atoms with E-state index in [2.05, 4.69) is 4.89 Å². The number of carbonyl (C=O) groups excluding carboxylic acids is 1. The Morgan fingerprint density at radius 3 is 2.50 bits per heavy atom. The molecule has 0 fully saturated rings. The predicted molar refractivity (Wildman–Crippen MR) is 50.0 cm³/mol. The summed E-state index contributed by atoms with van der Waals surface area (Å²) in [5, 5.41) is 8.30. The molecule has 0 spiro atoms. The van der Waals surface area contributed by atoms with Gasteiger partial charge in [0.05, 0.1) is 13.0 Å². The zero-order valence-electron chi connectivity index (χ0n) is 7.90. The molecular weight excluding hydrogens is 184 g/mol. The summed E-state index contributed by atoms with van der Waals surface area (Å²) < 4.78 is 4.78. The highest BCUT2D eigenvalue weighted by Gasteiger charge is 2.03. The molecule has 1 N–H and O–H groups in total. The van der Waals surface area contributed by atoms with Crippen molar-refractivity contribution >= 4 is 5.97 Å². The number of ether oxygens (including phenoxy) is 1. The molecule has 14 heavy (non-hydrogen) atoms. The lowest BCUT2D eigenvalue weighted by Gasteiger charge is -2.02. The van der Waals surface area contributed by atoms with Crippen molar-refractivity contribution in [2.75, 3.05) is 6.61 Å².